The summed E-state index contributed by atoms with van der Waals surface area (Å²) in [5, 5.41) is 8.53. The minimum Gasteiger partial charge on any atom is -0.344 e. The van der Waals surface area contributed by atoms with E-state index in [1.165, 1.54) is 25.7 Å². The number of carbonyl (C=O) groups excluding carboxylic acids is 1. The van der Waals surface area contributed by atoms with E-state index in [4.69, 9.17) is 5.26 Å². The van der Waals surface area contributed by atoms with Crippen LogP contribution in [0.15, 0.2) is 0 Å². The molecule has 1 aliphatic carbocycles. The lowest BCUT2D eigenvalue weighted by molar-refractivity contribution is -0.131. The zero-order chi connectivity index (χ0) is 14.5. The molecule has 0 aromatic carbocycles. The Bertz CT molecular complexity index is 336. The molecule has 1 fully saturated rings. The van der Waals surface area contributed by atoms with Gasteiger partial charge in [0.05, 0.1) is 19.0 Å². The Morgan fingerprint density at radius 2 is 1.89 bits per heavy atom. The molecule has 0 radical (unpaired) electrons. The van der Waals surface area contributed by atoms with E-state index in [9.17, 15) is 4.79 Å². The molecule has 0 N–H and O–H groups in total. The number of carbonyl (C=O) groups is 1. The number of nitriles is 1. The molecule has 0 saturated heterocycles. The topological polar surface area (TPSA) is 47.3 Å². The number of likely N-dealkylation sites (N-methyl/N-ethyl adjacent to an activating group) is 2. The largest absolute Gasteiger partial charge is 0.344 e. The molecule has 0 aromatic rings. The van der Waals surface area contributed by atoms with Gasteiger partial charge in [-0.15, -0.1) is 0 Å². The lowest BCUT2D eigenvalue weighted by Crippen LogP contribution is -2.43. The number of amides is 1. The molecule has 0 unspecified atom stereocenters. The Morgan fingerprint density at radius 1 is 1.32 bits per heavy atom. The van der Waals surface area contributed by atoms with Gasteiger partial charge in [-0.1, -0.05) is 13.8 Å². The van der Waals surface area contributed by atoms with Gasteiger partial charge in [0, 0.05) is 19.6 Å². The quantitative estimate of drug-likeness (QED) is 0.766. The fourth-order valence-electron chi connectivity index (χ4n) is 2.63. The number of hydrogen-bond acceptors (Lipinski definition) is 3. The van der Waals surface area contributed by atoms with E-state index in [-0.39, 0.29) is 5.91 Å². The summed E-state index contributed by atoms with van der Waals surface area (Å²) in [5.41, 5.74) is 0.463. The van der Waals surface area contributed by atoms with E-state index in [0.29, 0.717) is 31.0 Å². The summed E-state index contributed by atoms with van der Waals surface area (Å²) in [6.07, 6.45) is 5.24. The maximum atomic E-state index is 12.0. The van der Waals surface area contributed by atoms with Crippen molar-refractivity contribution >= 4 is 5.91 Å². The summed E-state index contributed by atoms with van der Waals surface area (Å²) in [4.78, 5) is 15.8. The van der Waals surface area contributed by atoms with Gasteiger partial charge >= 0.3 is 0 Å². The summed E-state index contributed by atoms with van der Waals surface area (Å²) in [7, 11) is 3.82. The molecule has 108 valence electrons. The van der Waals surface area contributed by atoms with Gasteiger partial charge in [0.2, 0.25) is 5.91 Å². The molecule has 1 amide bonds. The van der Waals surface area contributed by atoms with Crippen LogP contribution in [0.4, 0.5) is 0 Å². The maximum absolute atomic E-state index is 12.0. The van der Waals surface area contributed by atoms with E-state index in [1.807, 2.05) is 7.05 Å². The third-order valence-electron chi connectivity index (χ3n) is 4.30. The molecule has 4 heteroatoms. The van der Waals surface area contributed by atoms with Gasteiger partial charge < -0.3 is 4.90 Å². The molecule has 0 bridgehead atoms. The predicted octanol–water partition coefficient (Wildman–Crippen LogP) is 2.26. The number of nitrogens with zero attached hydrogens (tertiary/aromatic N) is 3. The fourth-order valence-corrected chi connectivity index (χ4v) is 2.63. The summed E-state index contributed by atoms with van der Waals surface area (Å²) >= 11 is 0. The van der Waals surface area contributed by atoms with Gasteiger partial charge in [-0.3, -0.25) is 9.69 Å². The first kappa shape index (κ1) is 16.0. The fraction of sp³-hybridized carbons (Fsp3) is 0.867. The maximum Gasteiger partial charge on any atom is 0.236 e. The van der Waals surface area contributed by atoms with Crippen LogP contribution in [-0.4, -0.2) is 48.9 Å². The van der Waals surface area contributed by atoms with Crippen LogP contribution >= 0.6 is 0 Å². The van der Waals surface area contributed by atoms with Gasteiger partial charge in [0.15, 0.2) is 0 Å². The molecule has 1 rings (SSSR count). The van der Waals surface area contributed by atoms with Crippen molar-refractivity contribution in [2.75, 3.05) is 27.2 Å². The molecular formula is C15H27N3O. The van der Waals surface area contributed by atoms with Crippen molar-refractivity contribution in [1.82, 2.24) is 9.80 Å². The minimum absolute atomic E-state index is 0.114. The van der Waals surface area contributed by atoms with Crippen LogP contribution in [-0.2, 0) is 4.79 Å². The van der Waals surface area contributed by atoms with Gasteiger partial charge in [-0.2, -0.15) is 5.26 Å². The smallest absolute Gasteiger partial charge is 0.236 e. The van der Waals surface area contributed by atoms with Gasteiger partial charge in [0.1, 0.15) is 0 Å². The van der Waals surface area contributed by atoms with E-state index in [2.05, 4.69) is 24.8 Å². The third-order valence-corrected chi connectivity index (χ3v) is 4.30. The monoisotopic (exact) mass is 265 g/mol. The number of rotatable bonds is 5. The van der Waals surface area contributed by atoms with Crippen LogP contribution in [0, 0.1) is 16.7 Å². The van der Waals surface area contributed by atoms with Crippen molar-refractivity contribution in [2.45, 2.75) is 52.0 Å². The van der Waals surface area contributed by atoms with Crippen molar-refractivity contribution in [2.24, 2.45) is 5.41 Å². The Balaban J connectivity index is 2.37. The molecule has 1 saturated carbocycles. The molecule has 4 nitrogen and oxygen atoms in total. The Kier molecular flexibility index (Phi) is 5.81. The van der Waals surface area contributed by atoms with Gasteiger partial charge in [-0.25, -0.2) is 0 Å². The first-order valence-corrected chi connectivity index (χ1v) is 7.17. The zero-order valence-corrected chi connectivity index (χ0v) is 12.8. The normalized spacial score (nSPS) is 19.2. The molecular weight excluding hydrogens is 238 g/mol. The molecule has 0 aliphatic heterocycles. The third kappa shape index (κ3) is 5.20. The minimum atomic E-state index is 0.114. The van der Waals surface area contributed by atoms with E-state index in [0.717, 1.165) is 0 Å². The Morgan fingerprint density at radius 3 is 2.42 bits per heavy atom. The molecule has 0 spiro atoms. The highest BCUT2D eigenvalue weighted by Crippen LogP contribution is 2.36. The van der Waals surface area contributed by atoms with Crippen LogP contribution < -0.4 is 0 Å². The van der Waals surface area contributed by atoms with Gasteiger partial charge in [0.25, 0.3) is 0 Å². The van der Waals surface area contributed by atoms with Gasteiger partial charge in [-0.05, 0) is 38.1 Å². The predicted molar refractivity (Wildman–Crippen MR) is 76.5 cm³/mol. The Hall–Kier alpha value is -1.08. The SMILES string of the molecule is CN(CCC#N)C(=O)CN(C)C1CCC(C)(C)CC1. The summed E-state index contributed by atoms with van der Waals surface area (Å²) in [5.74, 6) is 0.114. The first-order valence-electron chi connectivity index (χ1n) is 7.17. The summed E-state index contributed by atoms with van der Waals surface area (Å²) in [6.45, 7) is 5.64. The number of hydrogen-bond donors (Lipinski definition) is 0. The second-order valence-corrected chi connectivity index (χ2v) is 6.53. The van der Waals surface area contributed by atoms with Crippen LogP contribution in [0.1, 0.15) is 46.0 Å². The second kappa shape index (κ2) is 6.91. The highest BCUT2D eigenvalue weighted by Gasteiger charge is 2.29. The van der Waals surface area contributed by atoms with E-state index in [1.54, 1.807) is 11.9 Å². The van der Waals surface area contributed by atoms with Crippen LogP contribution in [0.3, 0.4) is 0 Å². The molecule has 0 atom stereocenters. The van der Waals surface area contributed by atoms with Crippen molar-refractivity contribution < 1.29 is 4.79 Å². The zero-order valence-electron chi connectivity index (χ0n) is 12.8. The average Bonchev–Trinajstić information content (AvgIpc) is 2.35. The average molecular weight is 265 g/mol. The van der Waals surface area contributed by atoms with Crippen molar-refractivity contribution in [3.8, 4) is 6.07 Å². The highest BCUT2D eigenvalue weighted by atomic mass is 16.2. The lowest BCUT2D eigenvalue weighted by atomic mass is 9.75. The van der Waals surface area contributed by atoms with Crippen molar-refractivity contribution in [1.29, 1.82) is 5.26 Å². The van der Waals surface area contributed by atoms with Crippen molar-refractivity contribution in [3.63, 3.8) is 0 Å². The van der Waals surface area contributed by atoms with Crippen LogP contribution in [0.5, 0.6) is 0 Å². The van der Waals surface area contributed by atoms with Crippen LogP contribution in [0.25, 0.3) is 0 Å². The van der Waals surface area contributed by atoms with Crippen molar-refractivity contribution in [3.05, 3.63) is 0 Å². The standard InChI is InChI=1S/C15H27N3O/c1-15(2)8-6-13(7-9-15)18(4)12-14(19)17(3)11-5-10-16/h13H,5-9,11-12H2,1-4H3. The highest BCUT2D eigenvalue weighted by molar-refractivity contribution is 5.78. The molecule has 0 aromatic heterocycles. The summed E-state index contributed by atoms with van der Waals surface area (Å²) in [6, 6.07) is 2.60. The van der Waals surface area contributed by atoms with Crippen LogP contribution in [0.2, 0.25) is 0 Å². The molecule has 0 heterocycles. The molecule has 1 aliphatic rings. The lowest BCUT2D eigenvalue weighted by Gasteiger charge is -2.38. The van der Waals surface area contributed by atoms with E-state index < -0.39 is 0 Å². The summed E-state index contributed by atoms with van der Waals surface area (Å²) < 4.78 is 0. The first-order chi connectivity index (χ1) is 8.85. The molecule has 19 heavy (non-hydrogen) atoms. The Labute approximate surface area is 117 Å². The second-order valence-electron chi connectivity index (χ2n) is 6.53. The van der Waals surface area contributed by atoms with E-state index >= 15 is 0 Å².